The minimum absolute atomic E-state index is 0.256. The molecule has 3 aliphatic rings. The van der Waals surface area contributed by atoms with Gasteiger partial charge in [-0.15, -0.1) is 0 Å². The van der Waals surface area contributed by atoms with Crippen LogP contribution in [0.15, 0.2) is 24.4 Å². The van der Waals surface area contributed by atoms with Crippen LogP contribution in [0.25, 0.3) is 0 Å². The number of hydrogen-bond donors (Lipinski definition) is 0. The molecular formula is C18H15F2N3O2. The molecule has 1 aromatic heterocycles. The number of carbonyl (C=O) groups is 1. The van der Waals surface area contributed by atoms with Crippen molar-refractivity contribution in [3.05, 3.63) is 58.7 Å². The Morgan fingerprint density at radius 1 is 1.28 bits per heavy atom. The van der Waals surface area contributed by atoms with Crippen LogP contribution in [-0.2, 0) is 16.9 Å². The van der Waals surface area contributed by atoms with Gasteiger partial charge in [0.15, 0.2) is 0 Å². The molecule has 128 valence electrons. The highest BCUT2D eigenvalue weighted by Gasteiger charge is 2.53. The molecule has 1 aliphatic carbocycles. The van der Waals surface area contributed by atoms with Crippen molar-refractivity contribution in [3.63, 3.8) is 0 Å². The van der Waals surface area contributed by atoms with E-state index in [4.69, 9.17) is 4.74 Å². The van der Waals surface area contributed by atoms with E-state index in [1.54, 1.807) is 6.20 Å². The van der Waals surface area contributed by atoms with Gasteiger partial charge in [-0.3, -0.25) is 4.79 Å². The molecule has 0 atom stereocenters. The van der Waals surface area contributed by atoms with Crippen LogP contribution < -0.4 is 0 Å². The molecule has 0 bridgehead atoms. The second kappa shape index (κ2) is 5.05. The zero-order chi connectivity index (χ0) is 17.2. The van der Waals surface area contributed by atoms with Gasteiger partial charge in [0.1, 0.15) is 23.1 Å². The molecule has 0 N–H and O–H groups in total. The summed E-state index contributed by atoms with van der Waals surface area (Å²) in [4.78, 5) is 22.9. The number of hydrogen-bond acceptors (Lipinski definition) is 4. The molecule has 1 amide bonds. The van der Waals surface area contributed by atoms with Crippen LogP contribution >= 0.6 is 0 Å². The van der Waals surface area contributed by atoms with Gasteiger partial charge in [-0.2, -0.15) is 0 Å². The predicted octanol–water partition coefficient (Wildman–Crippen LogP) is 2.51. The monoisotopic (exact) mass is 343 g/mol. The van der Waals surface area contributed by atoms with Gasteiger partial charge < -0.3 is 9.64 Å². The zero-order valence-electron chi connectivity index (χ0n) is 13.3. The molecular weight excluding hydrogens is 328 g/mol. The molecule has 5 rings (SSSR count). The zero-order valence-corrected chi connectivity index (χ0v) is 13.3. The fraction of sp³-hybridized carbons (Fsp3) is 0.389. The van der Waals surface area contributed by atoms with Crippen molar-refractivity contribution in [2.24, 2.45) is 0 Å². The quantitative estimate of drug-likeness (QED) is 0.841. The molecule has 0 radical (unpaired) electrons. The molecule has 1 spiro atoms. The van der Waals surface area contributed by atoms with Gasteiger partial charge in [-0.25, -0.2) is 18.7 Å². The average Bonchev–Trinajstić information content (AvgIpc) is 3.35. The number of halogens is 2. The largest absolute Gasteiger partial charge is 0.360 e. The summed E-state index contributed by atoms with van der Waals surface area (Å²) < 4.78 is 33.0. The highest BCUT2D eigenvalue weighted by molar-refractivity contribution is 5.95. The van der Waals surface area contributed by atoms with E-state index in [1.807, 2.05) is 0 Å². The topological polar surface area (TPSA) is 55.3 Å². The number of aromatic nitrogens is 2. The van der Waals surface area contributed by atoms with Crippen molar-refractivity contribution in [2.75, 3.05) is 13.1 Å². The Balaban J connectivity index is 1.37. The van der Waals surface area contributed by atoms with Crippen molar-refractivity contribution in [1.82, 2.24) is 14.9 Å². The molecule has 2 fully saturated rings. The first kappa shape index (κ1) is 14.9. The third-order valence-electron chi connectivity index (χ3n) is 5.14. The van der Waals surface area contributed by atoms with Gasteiger partial charge in [0.25, 0.3) is 5.91 Å². The van der Waals surface area contributed by atoms with E-state index in [-0.39, 0.29) is 5.56 Å². The Hall–Kier alpha value is -2.41. The average molecular weight is 343 g/mol. The number of nitrogens with zero attached hydrogens (tertiary/aromatic N) is 3. The van der Waals surface area contributed by atoms with Crippen LogP contribution in [0.1, 0.15) is 46.2 Å². The summed E-state index contributed by atoms with van der Waals surface area (Å²) in [7, 11) is 0. The molecule has 7 heteroatoms. The van der Waals surface area contributed by atoms with Crippen LogP contribution in [0.5, 0.6) is 0 Å². The number of ether oxygens (including phenoxy) is 1. The molecule has 5 nitrogen and oxygen atoms in total. The molecule has 1 saturated heterocycles. The molecule has 3 heterocycles. The maximum absolute atomic E-state index is 13.8. The third-order valence-corrected chi connectivity index (χ3v) is 5.14. The SMILES string of the molecule is O=C(c1cc(F)ccc1F)N1CC2(C1)OCc1nc(C3CC3)ncc12. The van der Waals surface area contributed by atoms with E-state index in [0.717, 1.165) is 48.1 Å². The first-order valence-corrected chi connectivity index (χ1v) is 8.30. The summed E-state index contributed by atoms with van der Waals surface area (Å²) in [5, 5.41) is 0. The van der Waals surface area contributed by atoms with E-state index in [1.165, 1.54) is 4.90 Å². The van der Waals surface area contributed by atoms with Crippen LogP contribution in [0.2, 0.25) is 0 Å². The smallest absolute Gasteiger partial charge is 0.257 e. The van der Waals surface area contributed by atoms with Crippen molar-refractivity contribution < 1.29 is 18.3 Å². The third kappa shape index (κ3) is 2.26. The lowest BCUT2D eigenvalue weighted by molar-refractivity contribution is -0.126. The minimum Gasteiger partial charge on any atom is -0.360 e. The van der Waals surface area contributed by atoms with Crippen LogP contribution in [0.3, 0.4) is 0 Å². The Labute approximate surface area is 142 Å². The second-order valence-corrected chi connectivity index (χ2v) is 6.93. The molecule has 0 unspecified atom stereocenters. The Morgan fingerprint density at radius 3 is 2.84 bits per heavy atom. The molecule has 1 aromatic carbocycles. The molecule has 1 saturated carbocycles. The van der Waals surface area contributed by atoms with Gasteiger partial charge in [0.2, 0.25) is 0 Å². The number of rotatable bonds is 2. The van der Waals surface area contributed by atoms with Crippen molar-refractivity contribution in [3.8, 4) is 0 Å². The normalized spacial score (nSPS) is 20.5. The maximum atomic E-state index is 13.8. The van der Waals surface area contributed by atoms with Crippen LogP contribution in [0, 0.1) is 11.6 Å². The molecule has 2 aromatic rings. The highest BCUT2D eigenvalue weighted by Crippen LogP contribution is 2.45. The Bertz CT molecular complexity index is 892. The standard InChI is InChI=1S/C18H15F2N3O2/c19-11-3-4-14(20)12(5-11)17(24)23-8-18(9-23)13-6-21-16(10-1-2-10)22-15(13)7-25-18/h3-6,10H,1-2,7-9H2. The summed E-state index contributed by atoms with van der Waals surface area (Å²) in [6.07, 6.45) is 4.06. The van der Waals surface area contributed by atoms with Crippen molar-refractivity contribution >= 4 is 5.91 Å². The summed E-state index contributed by atoms with van der Waals surface area (Å²) in [5.41, 5.74) is 0.909. The van der Waals surface area contributed by atoms with E-state index in [9.17, 15) is 13.6 Å². The van der Waals surface area contributed by atoms with Crippen molar-refractivity contribution in [1.29, 1.82) is 0 Å². The van der Waals surface area contributed by atoms with E-state index in [0.29, 0.717) is 25.6 Å². The first-order valence-electron chi connectivity index (χ1n) is 8.30. The Morgan fingerprint density at radius 2 is 2.08 bits per heavy atom. The van der Waals surface area contributed by atoms with Crippen molar-refractivity contribution in [2.45, 2.75) is 31.0 Å². The molecule has 2 aliphatic heterocycles. The fourth-order valence-corrected chi connectivity index (χ4v) is 3.55. The van der Waals surface area contributed by atoms with E-state index < -0.39 is 23.1 Å². The number of amides is 1. The predicted molar refractivity (Wildman–Crippen MR) is 82.7 cm³/mol. The summed E-state index contributed by atoms with van der Waals surface area (Å²) >= 11 is 0. The fourth-order valence-electron chi connectivity index (χ4n) is 3.55. The van der Waals surface area contributed by atoms with Gasteiger partial charge in [-0.1, -0.05) is 0 Å². The Kier molecular flexibility index (Phi) is 3.01. The highest BCUT2D eigenvalue weighted by atomic mass is 19.1. The lowest BCUT2D eigenvalue weighted by Gasteiger charge is -2.47. The number of likely N-dealkylation sites (tertiary alicyclic amines) is 1. The summed E-state index contributed by atoms with van der Waals surface area (Å²) in [5.74, 6) is -0.554. The van der Waals surface area contributed by atoms with Gasteiger partial charge in [-0.05, 0) is 31.0 Å². The minimum atomic E-state index is -0.725. The second-order valence-electron chi connectivity index (χ2n) is 6.93. The van der Waals surface area contributed by atoms with Gasteiger partial charge in [0, 0.05) is 17.7 Å². The van der Waals surface area contributed by atoms with E-state index in [2.05, 4.69) is 9.97 Å². The van der Waals surface area contributed by atoms with Gasteiger partial charge in [0.05, 0.1) is 31.0 Å². The summed E-state index contributed by atoms with van der Waals surface area (Å²) in [6, 6.07) is 2.89. The van der Waals surface area contributed by atoms with Crippen LogP contribution in [-0.4, -0.2) is 33.9 Å². The lowest BCUT2D eigenvalue weighted by atomic mass is 9.87. The van der Waals surface area contributed by atoms with Crippen LogP contribution in [0.4, 0.5) is 8.78 Å². The summed E-state index contributed by atoms with van der Waals surface area (Å²) in [6.45, 7) is 0.982. The number of benzene rings is 1. The first-order chi connectivity index (χ1) is 12.1. The maximum Gasteiger partial charge on any atom is 0.257 e. The van der Waals surface area contributed by atoms with E-state index >= 15 is 0 Å². The number of fused-ring (bicyclic) bond motifs is 2. The lowest BCUT2D eigenvalue weighted by Crippen LogP contribution is -2.61. The number of carbonyl (C=O) groups excluding carboxylic acids is 1. The molecule has 25 heavy (non-hydrogen) atoms. The van der Waals surface area contributed by atoms with Gasteiger partial charge >= 0.3 is 0 Å².